The number of carbonyl (C=O) groups is 3. The molecule has 8 nitrogen and oxygen atoms in total. The number of halogens is 1. The van der Waals surface area contributed by atoms with Crippen LogP contribution in [0.25, 0.3) is 0 Å². The fourth-order valence-corrected chi connectivity index (χ4v) is 4.39. The van der Waals surface area contributed by atoms with Crippen molar-refractivity contribution >= 4 is 40.6 Å². The van der Waals surface area contributed by atoms with Crippen molar-refractivity contribution < 1.29 is 18.8 Å². The minimum Gasteiger partial charge on any atom is -0.395 e. The monoisotopic (exact) mass is 511 g/mol. The molecule has 3 aromatic rings. The van der Waals surface area contributed by atoms with E-state index in [0.717, 1.165) is 17.1 Å². The Labute approximate surface area is 213 Å². The van der Waals surface area contributed by atoms with E-state index in [4.69, 9.17) is 11.5 Å². The Hall–Kier alpha value is -3.79. The van der Waals surface area contributed by atoms with Gasteiger partial charge in [0.25, 0.3) is 11.8 Å². The number of carbonyl (C=O) groups excluding carboxylic acids is 3. The number of nitrogens with two attached hydrogens (primary N) is 2. The van der Waals surface area contributed by atoms with Crippen LogP contribution in [-0.2, 0) is 4.79 Å². The molecule has 0 radical (unpaired) electrons. The summed E-state index contributed by atoms with van der Waals surface area (Å²) in [6.45, 7) is 9.53. The molecule has 0 aliphatic heterocycles. The van der Waals surface area contributed by atoms with Crippen LogP contribution in [0.4, 0.5) is 15.8 Å². The molecule has 1 heterocycles. The van der Waals surface area contributed by atoms with Gasteiger partial charge in [-0.1, -0.05) is 38.1 Å². The van der Waals surface area contributed by atoms with E-state index in [2.05, 4.69) is 9.69 Å². The number of nitrogens with one attached hydrogen (secondary N) is 1. The molecule has 3 amide bonds. The van der Waals surface area contributed by atoms with E-state index in [9.17, 15) is 18.8 Å². The average molecular weight is 512 g/mol. The van der Waals surface area contributed by atoms with Crippen molar-refractivity contribution in [2.75, 3.05) is 10.6 Å². The second kappa shape index (κ2) is 10.4. The number of anilines is 2. The molecule has 5 N–H and O–H groups in total. The third kappa shape index (κ3) is 5.88. The number of aromatic nitrogens is 1. The summed E-state index contributed by atoms with van der Waals surface area (Å²) in [5.74, 6) is -2.22. The standard InChI is InChI=1S/C26H30FN5O3S/c1-14(2)15-8-12-18(13-9-15)32(25(35)22-19(28)20(23(29)33)31-36-22)21(24(34)30-26(3,4)5)16-6-10-17(27)11-7-16/h6-14,21H,28H2,1-5H3,(H2,29,33)(H,30,34). The normalized spacial score (nSPS) is 12.3. The van der Waals surface area contributed by atoms with Gasteiger partial charge in [0.15, 0.2) is 5.69 Å². The highest BCUT2D eigenvalue weighted by Crippen LogP contribution is 2.34. The number of primary amides is 1. The van der Waals surface area contributed by atoms with E-state index in [1.165, 1.54) is 29.2 Å². The Morgan fingerprint density at radius 2 is 1.56 bits per heavy atom. The lowest BCUT2D eigenvalue weighted by Gasteiger charge is -2.33. The first kappa shape index (κ1) is 26.8. The van der Waals surface area contributed by atoms with Crippen LogP contribution in [0.15, 0.2) is 48.5 Å². The predicted molar refractivity (Wildman–Crippen MR) is 139 cm³/mol. The number of nitrogen functional groups attached to an aromatic ring is 1. The predicted octanol–water partition coefficient (Wildman–Crippen LogP) is 4.39. The molecule has 0 saturated carbocycles. The summed E-state index contributed by atoms with van der Waals surface area (Å²) in [7, 11) is 0. The van der Waals surface area contributed by atoms with E-state index in [0.29, 0.717) is 11.3 Å². The first-order valence-electron chi connectivity index (χ1n) is 11.4. The van der Waals surface area contributed by atoms with Gasteiger partial charge in [-0.25, -0.2) is 4.39 Å². The molecule has 10 heteroatoms. The molecule has 0 saturated heterocycles. The summed E-state index contributed by atoms with van der Waals surface area (Å²) < 4.78 is 17.7. The van der Waals surface area contributed by atoms with E-state index in [-0.39, 0.29) is 22.2 Å². The van der Waals surface area contributed by atoms with Gasteiger partial charge in [-0.05, 0) is 73.6 Å². The zero-order valence-electron chi connectivity index (χ0n) is 20.8. The van der Waals surface area contributed by atoms with Crippen molar-refractivity contribution in [3.05, 3.63) is 76.0 Å². The van der Waals surface area contributed by atoms with Crippen LogP contribution >= 0.6 is 11.5 Å². The molecule has 1 aromatic heterocycles. The minimum atomic E-state index is -1.18. The lowest BCUT2D eigenvalue weighted by Crippen LogP contribution is -2.49. The summed E-state index contributed by atoms with van der Waals surface area (Å²) in [4.78, 5) is 40.6. The first-order valence-corrected chi connectivity index (χ1v) is 12.1. The zero-order chi connectivity index (χ0) is 26.8. The van der Waals surface area contributed by atoms with Gasteiger partial charge in [-0.2, -0.15) is 4.37 Å². The maximum Gasteiger partial charge on any atom is 0.273 e. The zero-order valence-corrected chi connectivity index (χ0v) is 21.7. The molecule has 0 bridgehead atoms. The van der Waals surface area contributed by atoms with Crippen LogP contribution < -0.4 is 21.7 Å². The topological polar surface area (TPSA) is 131 Å². The van der Waals surface area contributed by atoms with Gasteiger partial charge in [-0.15, -0.1) is 0 Å². The van der Waals surface area contributed by atoms with Crippen molar-refractivity contribution in [1.82, 2.24) is 9.69 Å². The quantitative estimate of drug-likeness (QED) is 0.433. The van der Waals surface area contributed by atoms with E-state index in [1.807, 2.05) is 46.8 Å². The number of hydrogen-bond donors (Lipinski definition) is 3. The summed E-state index contributed by atoms with van der Waals surface area (Å²) in [5, 5.41) is 2.91. The Morgan fingerprint density at radius 1 is 1.00 bits per heavy atom. The SMILES string of the molecule is CC(C)c1ccc(N(C(=O)c2snc(C(N)=O)c2N)C(C(=O)NC(C)(C)C)c2ccc(F)cc2)cc1. The summed E-state index contributed by atoms with van der Waals surface area (Å²) in [5.41, 5.74) is 12.3. The molecule has 190 valence electrons. The Balaban J connectivity index is 2.23. The summed E-state index contributed by atoms with van der Waals surface area (Å²) >= 11 is 0.725. The first-order chi connectivity index (χ1) is 16.8. The van der Waals surface area contributed by atoms with E-state index in [1.54, 1.807) is 12.1 Å². The fraction of sp³-hybridized carbons (Fsp3) is 0.308. The third-order valence-electron chi connectivity index (χ3n) is 5.40. The number of nitrogens with zero attached hydrogens (tertiary/aromatic N) is 2. The Bertz CT molecular complexity index is 1260. The third-order valence-corrected chi connectivity index (χ3v) is 6.25. The fourth-order valence-electron chi connectivity index (χ4n) is 3.64. The van der Waals surface area contributed by atoms with Crippen molar-refractivity contribution in [2.24, 2.45) is 5.73 Å². The Kier molecular flexibility index (Phi) is 7.78. The van der Waals surface area contributed by atoms with E-state index < -0.39 is 35.1 Å². The van der Waals surface area contributed by atoms with Gasteiger partial charge in [0.05, 0.1) is 5.69 Å². The highest BCUT2D eigenvalue weighted by Gasteiger charge is 2.37. The molecule has 0 fully saturated rings. The smallest absolute Gasteiger partial charge is 0.273 e. The van der Waals surface area contributed by atoms with Crippen LogP contribution in [0, 0.1) is 5.82 Å². The second-order valence-corrected chi connectivity index (χ2v) is 10.5. The van der Waals surface area contributed by atoms with Crippen LogP contribution in [0.3, 0.4) is 0 Å². The molecule has 3 rings (SSSR count). The molecule has 36 heavy (non-hydrogen) atoms. The molecule has 2 aromatic carbocycles. The van der Waals surface area contributed by atoms with Crippen molar-refractivity contribution in [3.8, 4) is 0 Å². The van der Waals surface area contributed by atoms with Crippen LogP contribution in [-0.4, -0.2) is 27.6 Å². The minimum absolute atomic E-state index is 0.0348. The van der Waals surface area contributed by atoms with Crippen LogP contribution in [0.5, 0.6) is 0 Å². The number of amides is 3. The molecule has 0 spiro atoms. The van der Waals surface area contributed by atoms with Crippen LogP contribution in [0.1, 0.15) is 77.9 Å². The highest BCUT2D eigenvalue weighted by atomic mass is 32.1. The molecule has 0 aliphatic rings. The van der Waals surface area contributed by atoms with Gasteiger partial charge in [-0.3, -0.25) is 19.3 Å². The van der Waals surface area contributed by atoms with Gasteiger partial charge < -0.3 is 16.8 Å². The van der Waals surface area contributed by atoms with E-state index >= 15 is 0 Å². The maximum absolute atomic E-state index is 14.0. The summed E-state index contributed by atoms with van der Waals surface area (Å²) in [6.07, 6.45) is 0. The molecular formula is C26H30FN5O3S. The lowest BCUT2D eigenvalue weighted by atomic mass is 9.99. The lowest BCUT2D eigenvalue weighted by molar-refractivity contribution is -0.123. The molecule has 1 unspecified atom stereocenters. The largest absolute Gasteiger partial charge is 0.395 e. The van der Waals surface area contributed by atoms with Gasteiger partial charge >= 0.3 is 0 Å². The molecular weight excluding hydrogens is 481 g/mol. The number of hydrogen-bond acceptors (Lipinski definition) is 6. The van der Waals surface area contributed by atoms with Gasteiger partial charge in [0, 0.05) is 11.2 Å². The van der Waals surface area contributed by atoms with Crippen molar-refractivity contribution in [2.45, 2.75) is 52.1 Å². The van der Waals surface area contributed by atoms with Gasteiger partial charge in [0.2, 0.25) is 5.91 Å². The van der Waals surface area contributed by atoms with Crippen molar-refractivity contribution in [1.29, 1.82) is 0 Å². The van der Waals surface area contributed by atoms with Crippen LogP contribution in [0.2, 0.25) is 0 Å². The second-order valence-electron chi connectivity index (χ2n) is 9.75. The Morgan fingerprint density at radius 3 is 2.03 bits per heavy atom. The molecule has 1 atom stereocenters. The molecule has 0 aliphatic carbocycles. The maximum atomic E-state index is 14.0. The number of benzene rings is 2. The highest BCUT2D eigenvalue weighted by molar-refractivity contribution is 7.09. The average Bonchev–Trinajstić information content (AvgIpc) is 3.18. The number of rotatable bonds is 7. The summed E-state index contributed by atoms with van der Waals surface area (Å²) in [6, 6.07) is 11.4. The van der Waals surface area contributed by atoms with Gasteiger partial charge in [0.1, 0.15) is 16.7 Å². The van der Waals surface area contributed by atoms with Crippen molar-refractivity contribution in [3.63, 3.8) is 0 Å².